The summed E-state index contributed by atoms with van der Waals surface area (Å²) >= 11 is 6.81. The van der Waals surface area contributed by atoms with Crippen molar-refractivity contribution in [2.45, 2.75) is 40.2 Å². The smallest absolute Gasteiger partial charge is 0.193 e. The molecule has 0 fully saturated rings. The van der Waals surface area contributed by atoms with E-state index in [4.69, 9.17) is 12.2 Å². The molecule has 5 nitrogen and oxygen atoms in total. The molecule has 0 bridgehead atoms. The zero-order valence-electron chi connectivity index (χ0n) is 13.5. The van der Waals surface area contributed by atoms with Crippen LogP contribution in [0.5, 0.6) is 0 Å². The van der Waals surface area contributed by atoms with Gasteiger partial charge in [0.2, 0.25) is 0 Å². The number of nitrogens with one attached hydrogen (secondary N) is 2. The third-order valence-corrected chi connectivity index (χ3v) is 3.89. The molecule has 118 valence electrons. The van der Waals surface area contributed by atoms with Crippen LogP contribution in [-0.2, 0) is 0 Å². The van der Waals surface area contributed by atoms with Crippen LogP contribution in [0.3, 0.4) is 0 Å². The molecule has 0 radical (unpaired) electrons. The normalized spacial score (nSPS) is 11.9. The van der Waals surface area contributed by atoms with Crippen LogP contribution < -0.4 is 10.7 Å². The van der Waals surface area contributed by atoms with E-state index >= 15 is 0 Å². The molecule has 0 saturated heterocycles. The maximum Gasteiger partial charge on any atom is 0.193 e. The fraction of sp³-hybridized carbons (Fsp3) is 0.400. The van der Waals surface area contributed by atoms with Crippen molar-refractivity contribution >= 4 is 34.9 Å². The first-order valence-corrected chi connectivity index (χ1v) is 8.27. The molecule has 0 aliphatic heterocycles. The number of aromatic nitrogens is 2. The number of hydrazone groups is 1. The van der Waals surface area contributed by atoms with Gasteiger partial charge in [0.15, 0.2) is 10.2 Å². The molecule has 7 heteroatoms. The second-order valence-corrected chi connectivity index (χ2v) is 7.33. The highest BCUT2D eigenvalue weighted by Gasteiger charge is 2.12. The van der Waals surface area contributed by atoms with Gasteiger partial charge in [-0.2, -0.15) is 5.10 Å². The molecular weight excluding hydrogens is 314 g/mol. The van der Waals surface area contributed by atoms with Gasteiger partial charge < -0.3 is 5.32 Å². The largest absolute Gasteiger partial charge is 0.357 e. The highest BCUT2D eigenvalue weighted by atomic mass is 32.1. The molecule has 0 saturated carbocycles. The lowest BCUT2D eigenvalue weighted by molar-refractivity contribution is 0.508. The molecule has 2 aromatic heterocycles. The number of hydrogen-bond donors (Lipinski definition) is 2. The Bertz CT molecular complexity index is 678. The standard InChI is InChI=1S/C15H21N5S2/c1-10-8-12(9-17-19-13(21)18-15(3,4)5)11(2)20(10)14-16-6-7-22-14/h6-9H,1-5H3,(H2,18,19,21)/b17-9-. The van der Waals surface area contributed by atoms with Crippen molar-refractivity contribution in [3.63, 3.8) is 0 Å². The maximum atomic E-state index is 5.20. The molecule has 0 aliphatic carbocycles. The van der Waals surface area contributed by atoms with Gasteiger partial charge in [0.1, 0.15) is 0 Å². The van der Waals surface area contributed by atoms with Crippen molar-refractivity contribution in [3.05, 3.63) is 34.6 Å². The molecule has 0 atom stereocenters. The van der Waals surface area contributed by atoms with Gasteiger partial charge in [0.25, 0.3) is 0 Å². The first-order valence-electron chi connectivity index (χ1n) is 6.98. The second kappa shape index (κ2) is 6.58. The van der Waals surface area contributed by atoms with Gasteiger partial charge >= 0.3 is 0 Å². The fourth-order valence-corrected chi connectivity index (χ4v) is 3.18. The molecule has 0 unspecified atom stereocenters. The lowest BCUT2D eigenvalue weighted by atomic mass is 10.1. The first kappa shape index (κ1) is 16.6. The number of rotatable bonds is 3. The Morgan fingerprint density at radius 2 is 2.14 bits per heavy atom. The Kier molecular flexibility index (Phi) is 4.97. The summed E-state index contributed by atoms with van der Waals surface area (Å²) in [6.45, 7) is 10.3. The minimum atomic E-state index is -0.0831. The molecule has 0 aliphatic rings. The SMILES string of the molecule is Cc1cc(/C=N\NC(=S)NC(C)(C)C)c(C)n1-c1nccs1. The van der Waals surface area contributed by atoms with E-state index in [0.717, 1.165) is 22.1 Å². The van der Waals surface area contributed by atoms with E-state index in [1.807, 2.05) is 32.3 Å². The van der Waals surface area contributed by atoms with Gasteiger partial charge in [-0.15, -0.1) is 11.3 Å². The van der Waals surface area contributed by atoms with E-state index in [0.29, 0.717) is 5.11 Å². The minimum Gasteiger partial charge on any atom is -0.357 e. The van der Waals surface area contributed by atoms with E-state index in [9.17, 15) is 0 Å². The van der Waals surface area contributed by atoms with Gasteiger partial charge in [-0.25, -0.2) is 4.98 Å². The summed E-state index contributed by atoms with van der Waals surface area (Å²) in [5, 5.41) is 10.8. The summed E-state index contributed by atoms with van der Waals surface area (Å²) in [7, 11) is 0. The maximum absolute atomic E-state index is 5.20. The summed E-state index contributed by atoms with van der Waals surface area (Å²) < 4.78 is 2.12. The predicted molar refractivity (Wildman–Crippen MR) is 97.1 cm³/mol. The molecule has 2 heterocycles. The molecule has 0 amide bonds. The van der Waals surface area contributed by atoms with E-state index in [1.54, 1.807) is 17.6 Å². The van der Waals surface area contributed by atoms with Gasteiger partial charge in [-0.05, 0) is 52.9 Å². The highest BCUT2D eigenvalue weighted by Crippen LogP contribution is 2.21. The van der Waals surface area contributed by atoms with Crippen molar-refractivity contribution in [1.29, 1.82) is 0 Å². The average Bonchev–Trinajstić information content (AvgIpc) is 2.96. The van der Waals surface area contributed by atoms with Crippen molar-refractivity contribution in [2.75, 3.05) is 0 Å². The first-order chi connectivity index (χ1) is 10.3. The summed E-state index contributed by atoms with van der Waals surface area (Å²) in [6.07, 6.45) is 3.59. The summed E-state index contributed by atoms with van der Waals surface area (Å²) in [6, 6.07) is 2.09. The Hall–Kier alpha value is -1.73. The molecule has 0 aromatic carbocycles. The zero-order valence-corrected chi connectivity index (χ0v) is 15.1. The molecular formula is C15H21N5S2. The van der Waals surface area contributed by atoms with Gasteiger partial charge in [0.05, 0.1) is 6.21 Å². The van der Waals surface area contributed by atoms with Gasteiger partial charge in [-0.1, -0.05) is 0 Å². The number of nitrogens with zero attached hydrogens (tertiary/aromatic N) is 3. The Morgan fingerprint density at radius 3 is 2.73 bits per heavy atom. The van der Waals surface area contributed by atoms with Gasteiger partial charge in [-0.3, -0.25) is 9.99 Å². The zero-order chi connectivity index (χ0) is 16.3. The van der Waals surface area contributed by atoms with Crippen LogP contribution in [0.25, 0.3) is 5.13 Å². The quantitative estimate of drug-likeness (QED) is 0.514. The number of hydrogen-bond acceptors (Lipinski definition) is 4. The molecule has 2 aromatic rings. The Morgan fingerprint density at radius 1 is 1.41 bits per heavy atom. The second-order valence-electron chi connectivity index (χ2n) is 6.05. The monoisotopic (exact) mass is 335 g/mol. The minimum absolute atomic E-state index is 0.0831. The van der Waals surface area contributed by atoms with E-state index in [2.05, 4.69) is 45.3 Å². The predicted octanol–water partition coefficient (Wildman–Crippen LogP) is 3.15. The Balaban J connectivity index is 2.10. The van der Waals surface area contributed by atoms with Crippen LogP contribution in [0, 0.1) is 13.8 Å². The lowest BCUT2D eigenvalue weighted by Gasteiger charge is -2.21. The number of aryl methyl sites for hydroxylation is 1. The average molecular weight is 336 g/mol. The summed E-state index contributed by atoms with van der Waals surface area (Å²) in [5.74, 6) is 0. The molecule has 2 N–H and O–H groups in total. The number of thiazole rings is 1. The summed E-state index contributed by atoms with van der Waals surface area (Å²) in [5.41, 5.74) is 6.04. The number of thiocarbonyl (C=S) groups is 1. The molecule has 0 spiro atoms. The van der Waals surface area contributed by atoms with Crippen molar-refractivity contribution in [3.8, 4) is 5.13 Å². The van der Waals surface area contributed by atoms with Crippen molar-refractivity contribution in [1.82, 2.24) is 20.3 Å². The molecule has 2 rings (SSSR count). The highest BCUT2D eigenvalue weighted by molar-refractivity contribution is 7.80. The van der Waals surface area contributed by atoms with Crippen LogP contribution in [-0.4, -0.2) is 26.4 Å². The van der Waals surface area contributed by atoms with E-state index in [-0.39, 0.29) is 5.54 Å². The third kappa shape index (κ3) is 4.14. The van der Waals surface area contributed by atoms with Crippen LogP contribution in [0.15, 0.2) is 22.7 Å². The topological polar surface area (TPSA) is 54.2 Å². The van der Waals surface area contributed by atoms with Crippen LogP contribution in [0.1, 0.15) is 37.7 Å². The van der Waals surface area contributed by atoms with E-state index < -0.39 is 0 Å². The molecule has 22 heavy (non-hydrogen) atoms. The van der Waals surface area contributed by atoms with E-state index in [1.165, 1.54) is 0 Å². The van der Waals surface area contributed by atoms with Crippen molar-refractivity contribution < 1.29 is 0 Å². The summed E-state index contributed by atoms with van der Waals surface area (Å²) in [4.78, 5) is 4.36. The Labute approximate surface area is 140 Å². The van der Waals surface area contributed by atoms with Crippen LogP contribution >= 0.6 is 23.6 Å². The lowest BCUT2D eigenvalue weighted by Crippen LogP contribution is -2.44. The van der Waals surface area contributed by atoms with Crippen molar-refractivity contribution in [2.24, 2.45) is 5.10 Å². The fourth-order valence-electron chi connectivity index (χ4n) is 2.07. The van der Waals surface area contributed by atoms with Crippen LogP contribution in [0.2, 0.25) is 0 Å². The third-order valence-electron chi connectivity index (χ3n) is 2.94. The van der Waals surface area contributed by atoms with Crippen LogP contribution in [0.4, 0.5) is 0 Å². The van der Waals surface area contributed by atoms with Gasteiger partial charge in [0, 0.05) is 34.1 Å².